The molecule has 1 unspecified atom stereocenters. The van der Waals surface area contributed by atoms with Crippen molar-refractivity contribution in [2.45, 2.75) is 19.1 Å². The summed E-state index contributed by atoms with van der Waals surface area (Å²) in [5, 5.41) is 8.17. The van der Waals surface area contributed by atoms with Crippen LogP contribution in [0.3, 0.4) is 0 Å². The summed E-state index contributed by atoms with van der Waals surface area (Å²) >= 11 is 0. The molecular weight excluding hydrogens is 528 g/mol. The van der Waals surface area contributed by atoms with E-state index in [9.17, 15) is 18.0 Å². The zero-order chi connectivity index (χ0) is 28.0. The average Bonchev–Trinajstić information content (AvgIpc) is 3.60. The fourth-order valence-corrected chi connectivity index (χ4v) is 5.13. The Labute approximate surface area is 226 Å². The van der Waals surface area contributed by atoms with Gasteiger partial charge in [-0.1, -0.05) is 12.1 Å². The summed E-state index contributed by atoms with van der Waals surface area (Å²) in [5.74, 6) is 1.05. The lowest BCUT2D eigenvalue weighted by molar-refractivity contribution is 0.104. The highest BCUT2D eigenvalue weighted by molar-refractivity contribution is 7.86. The van der Waals surface area contributed by atoms with E-state index in [2.05, 4.69) is 20.9 Å². The largest absolute Gasteiger partial charge is 0.496 e. The molecule has 0 spiro atoms. The third-order valence-corrected chi connectivity index (χ3v) is 7.86. The molecule has 3 aromatic rings. The molecule has 2 heterocycles. The molecule has 0 bridgehead atoms. The van der Waals surface area contributed by atoms with Crippen LogP contribution in [-0.2, 0) is 21.5 Å². The SMILES string of the molecule is COc1cc(NC(=O)Nc2cccc(CNC(=O)OC3CCN(S(=O)(=O)N(C)C)C3)c2)ccc1-c1cnco1. The third-order valence-electron chi connectivity index (χ3n) is 5.95. The number of methoxy groups -OCH3 is 1. The van der Waals surface area contributed by atoms with E-state index < -0.39 is 28.4 Å². The van der Waals surface area contributed by atoms with Gasteiger partial charge < -0.3 is 29.8 Å². The molecule has 1 fully saturated rings. The maximum Gasteiger partial charge on any atom is 0.407 e. The van der Waals surface area contributed by atoms with E-state index in [1.54, 1.807) is 48.7 Å². The Kier molecular flexibility index (Phi) is 8.69. The molecule has 14 heteroatoms. The number of aromatic nitrogens is 1. The number of alkyl carbamates (subject to hydrolysis) is 1. The number of benzene rings is 2. The zero-order valence-corrected chi connectivity index (χ0v) is 22.5. The maximum absolute atomic E-state index is 12.6. The highest BCUT2D eigenvalue weighted by atomic mass is 32.2. The number of oxazole rings is 1. The first kappa shape index (κ1) is 27.9. The van der Waals surface area contributed by atoms with E-state index >= 15 is 0 Å². The van der Waals surface area contributed by atoms with Crippen molar-refractivity contribution in [3.63, 3.8) is 0 Å². The first-order chi connectivity index (χ1) is 18.7. The minimum atomic E-state index is -3.55. The van der Waals surface area contributed by atoms with Crippen molar-refractivity contribution < 1.29 is 31.9 Å². The molecule has 0 saturated carbocycles. The van der Waals surface area contributed by atoms with Gasteiger partial charge in [-0.25, -0.2) is 14.6 Å². The molecule has 0 radical (unpaired) electrons. The van der Waals surface area contributed by atoms with Crippen LogP contribution in [0.4, 0.5) is 21.0 Å². The summed E-state index contributed by atoms with van der Waals surface area (Å²) in [6.45, 7) is 0.548. The minimum Gasteiger partial charge on any atom is -0.496 e. The van der Waals surface area contributed by atoms with E-state index in [-0.39, 0.29) is 19.6 Å². The summed E-state index contributed by atoms with van der Waals surface area (Å²) in [5.41, 5.74) is 2.46. The second kappa shape index (κ2) is 12.1. The predicted octanol–water partition coefficient (Wildman–Crippen LogP) is 3.10. The van der Waals surface area contributed by atoms with Gasteiger partial charge in [0.05, 0.1) is 25.4 Å². The molecule has 3 N–H and O–H groups in total. The first-order valence-corrected chi connectivity index (χ1v) is 13.4. The lowest BCUT2D eigenvalue weighted by Gasteiger charge is -2.20. The molecule has 4 rings (SSSR count). The van der Waals surface area contributed by atoms with E-state index in [1.807, 2.05) is 0 Å². The highest BCUT2D eigenvalue weighted by Crippen LogP contribution is 2.32. The molecule has 1 atom stereocenters. The number of hydrogen-bond acceptors (Lipinski definition) is 8. The second-order valence-electron chi connectivity index (χ2n) is 8.88. The van der Waals surface area contributed by atoms with Crippen LogP contribution in [0.1, 0.15) is 12.0 Å². The zero-order valence-electron chi connectivity index (χ0n) is 21.7. The lowest BCUT2D eigenvalue weighted by atomic mass is 10.1. The lowest BCUT2D eigenvalue weighted by Crippen LogP contribution is -2.39. The molecule has 1 saturated heterocycles. The van der Waals surface area contributed by atoms with Crippen LogP contribution >= 0.6 is 0 Å². The van der Waals surface area contributed by atoms with Crippen LogP contribution in [0.15, 0.2) is 59.5 Å². The Morgan fingerprint density at radius 3 is 2.62 bits per heavy atom. The summed E-state index contributed by atoms with van der Waals surface area (Å²) in [6, 6.07) is 11.6. The van der Waals surface area contributed by atoms with Crippen LogP contribution in [0, 0.1) is 0 Å². The minimum absolute atomic E-state index is 0.108. The molecule has 13 nitrogen and oxygen atoms in total. The molecule has 1 aliphatic rings. The van der Waals surface area contributed by atoms with Gasteiger partial charge >= 0.3 is 12.1 Å². The molecular formula is C25H30N6O7S. The van der Waals surface area contributed by atoms with Crippen molar-refractivity contribution in [3.8, 4) is 17.1 Å². The standard InChI is InChI=1S/C25H30N6O7S/c1-30(2)39(34,35)31-10-9-20(15-31)38-25(33)27-13-17-5-4-6-18(11-17)28-24(32)29-19-7-8-21(22(12-19)36-3)23-14-26-16-37-23/h4-8,11-12,14,16,20H,9-10,13,15H2,1-3H3,(H,27,33)(H2,28,29,32). The van der Waals surface area contributed by atoms with Crippen molar-refractivity contribution in [1.82, 2.24) is 18.9 Å². The van der Waals surface area contributed by atoms with Crippen LogP contribution in [-0.4, -0.2) is 74.5 Å². The van der Waals surface area contributed by atoms with Crippen molar-refractivity contribution in [1.29, 1.82) is 0 Å². The quantitative estimate of drug-likeness (QED) is 0.362. The predicted molar refractivity (Wildman–Crippen MR) is 143 cm³/mol. The molecule has 1 aromatic heterocycles. The fraction of sp³-hybridized carbons (Fsp3) is 0.320. The Bertz CT molecular complexity index is 1410. The van der Waals surface area contributed by atoms with Crippen LogP contribution in [0.25, 0.3) is 11.3 Å². The Hall–Kier alpha value is -4.14. The monoisotopic (exact) mass is 558 g/mol. The summed E-state index contributed by atoms with van der Waals surface area (Å²) in [6.07, 6.45) is 2.14. The number of anilines is 2. The van der Waals surface area contributed by atoms with Crippen molar-refractivity contribution in [3.05, 3.63) is 60.6 Å². The number of rotatable bonds is 9. The normalized spacial score (nSPS) is 15.6. The first-order valence-electron chi connectivity index (χ1n) is 12.0. The number of urea groups is 1. The second-order valence-corrected chi connectivity index (χ2v) is 11.0. The third kappa shape index (κ3) is 7.04. The van der Waals surface area contributed by atoms with Gasteiger partial charge in [-0.3, -0.25) is 0 Å². The van der Waals surface area contributed by atoms with E-state index in [0.717, 1.165) is 9.87 Å². The van der Waals surface area contributed by atoms with Crippen molar-refractivity contribution in [2.75, 3.05) is 44.9 Å². The number of carbonyl (C=O) groups is 2. The molecule has 2 aromatic carbocycles. The van der Waals surface area contributed by atoms with Crippen LogP contribution in [0.2, 0.25) is 0 Å². The Morgan fingerprint density at radius 1 is 1.15 bits per heavy atom. The van der Waals surface area contributed by atoms with Crippen LogP contribution < -0.4 is 20.7 Å². The van der Waals surface area contributed by atoms with Gasteiger partial charge in [-0.2, -0.15) is 17.0 Å². The van der Waals surface area contributed by atoms with Gasteiger partial charge in [0.1, 0.15) is 11.9 Å². The van der Waals surface area contributed by atoms with Gasteiger partial charge in [-0.05, 0) is 36.2 Å². The van der Waals surface area contributed by atoms with E-state index in [1.165, 1.54) is 31.9 Å². The van der Waals surface area contributed by atoms with Crippen molar-refractivity contribution in [2.24, 2.45) is 0 Å². The maximum atomic E-state index is 12.6. The number of ether oxygens (including phenoxy) is 2. The molecule has 1 aliphatic heterocycles. The van der Waals surface area contributed by atoms with E-state index in [0.29, 0.717) is 34.9 Å². The number of nitrogens with one attached hydrogen (secondary N) is 3. The average molecular weight is 559 g/mol. The molecule has 39 heavy (non-hydrogen) atoms. The highest BCUT2D eigenvalue weighted by Gasteiger charge is 2.34. The number of nitrogens with zero attached hydrogens (tertiary/aromatic N) is 3. The number of amides is 3. The molecule has 0 aliphatic carbocycles. The van der Waals surface area contributed by atoms with Gasteiger partial charge in [0.15, 0.2) is 12.2 Å². The Balaban J connectivity index is 1.27. The van der Waals surface area contributed by atoms with Gasteiger partial charge in [0.2, 0.25) is 0 Å². The van der Waals surface area contributed by atoms with Gasteiger partial charge in [-0.15, -0.1) is 0 Å². The number of hydrogen-bond donors (Lipinski definition) is 3. The summed E-state index contributed by atoms with van der Waals surface area (Å²) in [4.78, 5) is 28.7. The summed E-state index contributed by atoms with van der Waals surface area (Å²) < 4.78 is 43.0. The topological polar surface area (TPSA) is 155 Å². The smallest absolute Gasteiger partial charge is 0.407 e. The summed E-state index contributed by atoms with van der Waals surface area (Å²) in [7, 11) is 0.886. The number of carbonyl (C=O) groups excluding carboxylic acids is 2. The van der Waals surface area contributed by atoms with Crippen LogP contribution in [0.5, 0.6) is 5.75 Å². The Morgan fingerprint density at radius 2 is 1.92 bits per heavy atom. The van der Waals surface area contributed by atoms with E-state index in [4.69, 9.17) is 13.9 Å². The molecule has 3 amide bonds. The van der Waals surface area contributed by atoms with Crippen molar-refractivity contribution >= 4 is 33.7 Å². The van der Waals surface area contributed by atoms with Gasteiger partial charge in [0, 0.05) is 44.6 Å². The fourth-order valence-electron chi connectivity index (χ4n) is 3.98. The van der Waals surface area contributed by atoms with Gasteiger partial charge in [0.25, 0.3) is 10.2 Å². The molecule has 208 valence electrons.